The van der Waals surface area contributed by atoms with E-state index in [2.05, 4.69) is 36.7 Å². The number of aromatic nitrogens is 2. The molecule has 0 aliphatic carbocycles. The van der Waals surface area contributed by atoms with Crippen LogP contribution in [0.1, 0.15) is 16.1 Å². The maximum Gasteiger partial charge on any atom is 0.339 e. The zero-order chi connectivity index (χ0) is 23.3. The molecule has 3 rings (SSSR count). The number of amides is 1. The van der Waals surface area contributed by atoms with E-state index in [1.165, 1.54) is 31.5 Å². The van der Waals surface area contributed by atoms with Crippen LogP contribution in [0.2, 0.25) is 0 Å². The Balaban J connectivity index is 1.73. The van der Waals surface area contributed by atoms with Gasteiger partial charge < -0.3 is 14.7 Å². The predicted octanol–water partition coefficient (Wildman–Crippen LogP) is 2.66. The number of ether oxygens (including phenoxy) is 1. The SMILES string of the molecule is COc1cc(/C=N\NC(=O)Cc2nnc(N)s2)cc(Br)c1OS(=O)(=O)c1ccc(C)cc1. The van der Waals surface area contributed by atoms with Crippen LogP contribution >= 0.6 is 27.3 Å². The lowest BCUT2D eigenvalue weighted by Crippen LogP contribution is -2.19. The number of halogens is 1. The second kappa shape index (κ2) is 10.1. The Morgan fingerprint density at radius 1 is 1.28 bits per heavy atom. The molecule has 168 valence electrons. The standard InChI is InChI=1S/C19H18BrN5O5S2/c1-11-3-5-13(6-4-11)32(27,28)30-18-14(20)7-12(8-15(18)29-2)10-22-23-16(26)9-17-24-25-19(21)31-17/h3-8,10H,9H2,1-2H3,(H2,21,25)(H,23,26)/b22-10-. The molecule has 3 N–H and O–H groups in total. The first-order valence-corrected chi connectivity index (χ1v) is 12.0. The van der Waals surface area contributed by atoms with Crippen LogP contribution in [0.25, 0.3) is 0 Å². The first-order valence-electron chi connectivity index (χ1n) is 8.96. The summed E-state index contributed by atoms with van der Waals surface area (Å²) in [6, 6.07) is 9.37. The van der Waals surface area contributed by atoms with Gasteiger partial charge in [0.25, 0.3) is 0 Å². The Morgan fingerprint density at radius 2 is 2.00 bits per heavy atom. The number of hydrazone groups is 1. The van der Waals surface area contributed by atoms with Crippen LogP contribution in [-0.2, 0) is 21.3 Å². The number of rotatable bonds is 8. The number of carbonyl (C=O) groups is 1. The van der Waals surface area contributed by atoms with Gasteiger partial charge in [-0.05, 0) is 52.7 Å². The minimum Gasteiger partial charge on any atom is -0.493 e. The van der Waals surface area contributed by atoms with Gasteiger partial charge in [-0.15, -0.1) is 10.2 Å². The van der Waals surface area contributed by atoms with Crippen LogP contribution < -0.4 is 20.1 Å². The van der Waals surface area contributed by atoms with Crippen molar-refractivity contribution in [3.63, 3.8) is 0 Å². The van der Waals surface area contributed by atoms with Gasteiger partial charge in [0.05, 0.1) is 24.2 Å². The normalized spacial score (nSPS) is 11.5. The van der Waals surface area contributed by atoms with Crippen molar-refractivity contribution < 1.29 is 22.1 Å². The fourth-order valence-electron chi connectivity index (χ4n) is 2.45. The highest BCUT2D eigenvalue weighted by Gasteiger charge is 2.22. The Kier molecular flexibility index (Phi) is 7.43. The number of hydrogen-bond acceptors (Lipinski definition) is 10. The predicted molar refractivity (Wildman–Crippen MR) is 123 cm³/mol. The number of aryl methyl sites for hydroxylation is 1. The Bertz CT molecular complexity index is 1260. The summed E-state index contributed by atoms with van der Waals surface area (Å²) in [4.78, 5) is 11.9. The average Bonchev–Trinajstić information content (AvgIpc) is 3.14. The molecule has 2 aromatic carbocycles. The number of nitrogens with two attached hydrogens (primary N) is 1. The smallest absolute Gasteiger partial charge is 0.339 e. The first-order chi connectivity index (χ1) is 15.2. The molecule has 0 saturated heterocycles. The van der Waals surface area contributed by atoms with E-state index in [1.807, 2.05) is 6.92 Å². The van der Waals surface area contributed by atoms with E-state index in [1.54, 1.807) is 18.2 Å². The molecule has 0 saturated carbocycles. The number of anilines is 1. The van der Waals surface area contributed by atoms with Gasteiger partial charge in [-0.1, -0.05) is 29.0 Å². The fraction of sp³-hybridized carbons (Fsp3) is 0.158. The third-order valence-corrected chi connectivity index (χ3v) is 6.53. The van der Waals surface area contributed by atoms with Gasteiger partial charge in [0.2, 0.25) is 11.0 Å². The monoisotopic (exact) mass is 539 g/mol. The Morgan fingerprint density at radius 3 is 2.62 bits per heavy atom. The van der Waals surface area contributed by atoms with Crippen molar-refractivity contribution in [2.45, 2.75) is 18.2 Å². The summed E-state index contributed by atoms with van der Waals surface area (Å²) in [6.07, 6.45) is 1.36. The molecule has 13 heteroatoms. The molecule has 1 amide bonds. The Labute approximate surface area is 196 Å². The first kappa shape index (κ1) is 23.6. The number of benzene rings is 2. The van der Waals surface area contributed by atoms with E-state index in [0.717, 1.165) is 16.9 Å². The minimum atomic E-state index is -4.07. The van der Waals surface area contributed by atoms with Crippen LogP contribution in [0.15, 0.2) is 50.9 Å². The van der Waals surface area contributed by atoms with Gasteiger partial charge in [0.15, 0.2) is 11.5 Å². The number of nitrogens with one attached hydrogen (secondary N) is 1. The van der Waals surface area contributed by atoms with Gasteiger partial charge in [-0.2, -0.15) is 13.5 Å². The fourth-order valence-corrected chi connectivity index (χ4v) is 4.66. The minimum absolute atomic E-state index is 0.0110. The second-order valence-electron chi connectivity index (χ2n) is 6.39. The van der Waals surface area contributed by atoms with Crippen molar-refractivity contribution >= 4 is 54.6 Å². The van der Waals surface area contributed by atoms with Crippen molar-refractivity contribution in [1.82, 2.24) is 15.6 Å². The highest BCUT2D eigenvalue weighted by atomic mass is 79.9. The molecular formula is C19H18BrN5O5S2. The van der Waals surface area contributed by atoms with Gasteiger partial charge >= 0.3 is 10.1 Å². The highest BCUT2D eigenvalue weighted by Crippen LogP contribution is 2.38. The van der Waals surface area contributed by atoms with Crippen LogP contribution in [0.5, 0.6) is 11.5 Å². The number of nitrogens with zero attached hydrogens (tertiary/aromatic N) is 3. The third-order valence-electron chi connectivity index (χ3n) is 3.95. The molecule has 0 unspecified atom stereocenters. The molecule has 0 aliphatic rings. The van der Waals surface area contributed by atoms with Crippen LogP contribution in [-0.4, -0.2) is 37.8 Å². The molecule has 32 heavy (non-hydrogen) atoms. The van der Waals surface area contributed by atoms with E-state index in [4.69, 9.17) is 14.7 Å². The zero-order valence-electron chi connectivity index (χ0n) is 16.9. The number of methoxy groups -OCH3 is 1. The zero-order valence-corrected chi connectivity index (χ0v) is 20.1. The van der Waals surface area contributed by atoms with Crippen molar-refractivity contribution in [1.29, 1.82) is 0 Å². The molecule has 1 aromatic heterocycles. The lowest BCUT2D eigenvalue weighted by Gasteiger charge is -2.13. The molecule has 0 radical (unpaired) electrons. The van der Waals surface area contributed by atoms with E-state index in [0.29, 0.717) is 15.0 Å². The second-order valence-corrected chi connectivity index (χ2v) is 9.88. The number of nitrogen functional groups attached to an aromatic ring is 1. The topological polar surface area (TPSA) is 146 Å². The summed E-state index contributed by atoms with van der Waals surface area (Å²) in [5.41, 5.74) is 9.30. The van der Waals surface area contributed by atoms with Crippen LogP contribution in [0, 0.1) is 6.92 Å². The number of carbonyl (C=O) groups excluding carboxylic acids is 1. The molecule has 0 aliphatic heterocycles. The van der Waals surface area contributed by atoms with Crippen molar-refractivity contribution in [3.8, 4) is 11.5 Å². The molecular weight excluding hydrogens is 522 g/mol. The Hall–Kier alpha value is -3.03. The van der Waals surface area contributed by atoms with Gasteiger partial charge in [-0.25, -0.2) is 5.43 Å². The average molecular weight is 540 g/mol. The molecule has 3 aromatic rings. The van der Waals surface area contributed by atoms with Crippen LogP contribution in [0.3, 0.4) is 0 Å². The van der Waals surface area contributed by atoms with Crippen molar-refractivity contribution in [2.24, 2.45) is 5.10 Å². The van der Waals surface area contributed by atoms with Gasteiger partial charge in [-0.3, -0.25) is 4.79 Å². The van der Waals surface area contributed by atoms with Gasteiger partial charge in [0.1, 0.15) is 9.90 Å². The number of hydrogen-bond donors (Lipinski definition) is 2. The van der Waals surface area contributed by atoms with E-state index in [9.17, 15) is 13.2 Å². The lowest BCUT2D eigenvalue weighted by molar-refractivity contribution is -0.120. The van der Waals surface area contributed by atoms with Gasteiger partial charge in [0, 0.05) is 0 Å². The molecule has 0 fully saturated rings. The molecule has 0 bridgehead atoms. The summed E-state index contributed by atoms with van der Waals surface area (Å²) >= 11 is 4.41. The molecule has 1 heterocycles. The summed E-state index contributed by atoms with van der Waals surface area (Å²) < 4.78 is 36.2. The molecule has 0 spiro atoms. The third kappa shape index (κ3) is 6.02. The molecule has 10 nitrogen and oxygen atoms in total. The highest BCUT2D eigenvalue weighted by molar-refractivity contribution is 9.10. The summed E-state index contributed by atoms with van der Waals surface area (Å²) in [7, 11) is -2.70. The lowest BCUT2D eigenvalue weighted by atomic mass is 10.2. The summed E-state index contributed by atoms with van der Waals surface area (Å²) in [5, 5.41) is 12.0. The summed E-state index contributed by atoms with van der Waals surface area (Å²) in [5.74, 6) is -0.247. The maximum atomic E-state index is 12.6. The van der Waals surface area contributed by atoms with E-state index < -0.39 is 16.0 Å². The van der Waals surface area contributed by atoms with Crippen LogP contribution in [0.4, 0.5) is 5.13 Å². The maximum absolute atomic E-state index is 12.6. The van der Waals surface area contributed by atoms with E-state index >= 15 is 0 Å². The van der Waals surface area contributed by atoms with Crippen molar-refractivity contribution in [2.75, 3.05) is 12.8 Å². The molecule has 0 atom stereocenters. The largest absolute Gasteiger partial charge is 0.493 e. The quantitative estimate of drug-likeness (QED) is 0.252. The van der Waals surface area contributed by atoms with E-state index in [-0.39, 0.29) is 27.9 Å². The van der Waals surface area contributed by atoms with Crippen molar-refractivity contribution in [3.05, 3.63) is 57.0 Å². The summed E-state index contributed by atoms with van der Waals surface area (Å²) in [6.45, 7) is 1.85.